The first-order valence-electron chi connectivity index (χ1n) is 11.1. The van der Waals surface area contributed by atoms with Gasteiger partial charge in [-0.1, -0.05) is 55.8 Å². The number of carboxylic acids is 1. The Morgan fingerprint density at radius 2 is 1.85 bits per heavy atom. The highest BCUT2D eigenvalue weighted by atomic mass is 32.2. The van der Waals surface area contributed by atoms with Crippen molar-refractivity contribution >= 4 is 39.9 Å². The number of nitrogens with one attached hydrogen (secondary N) is 1. The Bertz CT molecular complexity index is 1330. The van der Waals surface area contributed by atoms with Crippen molar-refractivity contribution in [3.05, 3.63) is 83.7 Å². The number of aromatic carboxylic acids is 1. The summed E-state index contributed by atoms with van der Waals surface area (Å²) in [5.41, 5.74) is 5.40. The van der Waals surface area contributed by atoms with Gasteiger partial charge in [-0.05, 0) is 47.4 Å². The van der Waals surface area contributed by atoms with Crippen LogP contribution in [0.1, 0.15) is 41.5 Å². The molecule has 3 aromatic carbocycles. The van der Waals surface area contributed by atoms with Crippen molar-refractivity contribution in [2.24, 2.45) is 5.14 Å². The van der Waals surface area contributed by atoms with Crippen molar-refractivity contribution in [1.82, 2.24) is 9.55 Å². The largest absolute Gasteiger partial charge is 0.478 e. The molecule has 0 fully saturated rings. The van der Waals surface area contributed by atoms with Gasteiger partial charge in [-0.3, -0.25) is 9.93 Å². The zero-order valence-corrected chi connectivity index (χ0v) is 19.6. The maximum absolute atomic E-state index is 11.6. The zero-order chi connectivity index (χ0) is 24.1. The molecule has 0 aliphatic rings. The van der Waals surface area contributed by atoms with Gasteiger partial charge >= 0.3 is 5.97 Å². The van der Waals surface area contributed by atoms with Crippen LogP contribution in [0.15, 0.2) is 66.7 Å². The van der Waals surface area contributed by atoms with E-state index in [0.717, 1.165) is 47.2 Å². The molecule has 0 saturated heterocycles. The number of nitrogens with two attached hydrogens (primary N) is 1. The second-order valence-corrected chi connectivity index (χ2v) is 8.61. The Labute approximate surface area is 202 Å². The highest BCUT2D eigenvalue weighted by molar-refractivity contribution is 8.11. The molecule has 0 aliphatic carbocycles. The molecule has 8 heteroatoms. The van der Waals surface area contributed by atoms with Crippen LogP contribution >= 0.6 is 11.9 Å². The van der Waals surface area contributed by atoms with E-state index < -0.39 is 5.97 Å². The molecule has 4 N–H and O–H groups in total. The van der Waals surface area contributed by atoms with Crippen molar-refractivity contribution in [1.29, 1.82) is 0 Å². The molecule has 1 amide bonds. The van der Waals surface area contributed by atoms with Crippen molar-refractivity contribution < 1.29 is 14.7 Å². The number of imidazole rings is 1. The van der Waals surface area contributed by atoms with Crippen molar-refractivity contribution in [3.8, 4) is 11.1 Å². The summed E-state index contributed by atoms with van der Waals surface area (Å²) in [6.45, 7) is 2.79. The number of anilines is 1. The number of unbranched alkanes of at least 4 members (excludes halogenated alkanes) is 1. The summed E-state index contributed by atoms with van der Waals surface area (Å²) in [7, 11) is 0. The standard InChI is InChI=1S/C26H26N4O3S/c1-2-3-8-24-29-22-15-19(28-26(33)34-27)13-14-23(22)30(24)16-17-9-11-18(12-10-17)20-6-4-5-7-21(20)25(31)32/h4-7,9-15H,2-3,8,16,27H2,1H3,(H,28,33)(H,31,32). The van der Waals surface area contributed by atoms with E-state index in [1.54, 1.807) is 12.1 Å². The zero-order valence-electron chi connectivity index (χ0n) is 18.8. The summed E-state index contributed by atoms with van der Waals surface area (Å²) in [5, 5.41) is 17.2. The van der Waals surface area contributed by atoms with Crippen LogP contribution < -0.4 is 10.5 Å². The molecule has 1 heterocycles. The quantitative estimate of drug-likeness (QED) is 0.273. The van der Waals surface area contributed by atoms with Crippen LogP contribution in [0, 0.1) is 0 Å². The number of nitrogens with zero attached hydrogens (tertiary/aromatic N) is 2. The van der Waals surface area contributed by atoms with Gasteiger partial charge in [0, 0.05) is 30.6 Å². The highest BCUT2D eigenvalue weighted by Gasteiger charge is 2.14. The molecule has 0 radical (unpaired) electrons. The lowest BCUT2D eigenvalue weighted by atomic mass is 9.99. The predicted molar refractivity (Wildman–Crippen MR) is 137 cm³/mol. The maximum atomic E-state index is 11.6. The topological polar surface area (TPSA) is 110 Å². The van der Waals surface area contributed by atoms with E-state index in [0.29, 0.717) is 29.7 Å². The van der Waals surface area contributed by atoms with Crippen LogP contribution in [0.3, 0.4) is 0 Å². The van der Waals surface area contributed by atoms with E-state index in [9.17, 15) is 14.7 Å². The Morgan fingerprint density at radius 3 is 2.56 bits per heavy atom. The Kier molecular flexibility index (Phi) is 7.30. The average molecular weight is 475 g/mol. The van der Waals surface area contributed by atoms with Gasteiger partial charge in [0.05, 0.1) is 16.6 Å². The Hall–Kier alpha value is -3.62. The number of benzene rings is 3. The maximum Gasteiger partial charge on any atom is 0.336 e. The molecule has 7 nitrogen and oxygen atoms in total. The predicted octanol–water partition coefficient (Wildman–Crippen LogP) is 5.93. The van der Waals surface area contributed by atoms with Gasteiger partial charge in [-0.25, -0.2) is 9.78 Å². The van der Waals surface area contributed by atoms with Crippen LogP contribution in [0.5, 0.6) is 0 Å². The molecule has 34 heavy (non-hydrogen) atoms. The van der Waals surface area contributed by atoms with Gasteiger partial charge in [-0.15, -0.1) is 0 Å². The first kappa shape index (κ1) is 23.5. The third-order valence-corrected chi connectivity index (χ3v) is 6.01. The van der Waals surface area contributed by atoms with Crippen LogP contribution in [0.2, 0.25) is 0 Å². The molecule has 1 aromatic heterocycles. The Morgan fingerprint density at radius 1 is 1.09 bits per heavy atom. The van der Waals surface area contributed by atoms with E-state index in [1.165, 1.54) is 0 Å². The molecular formula is C26H26N4O3S. The lowest BCUT2D eigenvalue weighted by Gasteiger charge is -2.11. The number of amides is 1. The average Bonchev–Trinajstić information content (AvgIpc) is 3.19. The first-order chi connectivity index (χ1) is 16.5. The number of aryl methyl sites for hydroxylation is 1. The molecule has 0 saturated carbocycles. The molecule has 0 unspecified atom stereocenters. The van der Waals surface area contributed by atoms with Crippen LogP contribution in [0.4, 0.5) is 10.5 Å². The number of carboxylic acid groups (broad SMARTS) is 1. The minimum atomic E-state index is -0.939. The summed E-state index contributed by atoms with van der Waals surface area (Å²) in [5.74, 6) is 0.0552. The molecule has 0 atom stereocenters. The van der Waals surface area contributed by atoms with Gasteiger partial charge in [0.15, 0.2) is 0 Å². The number of aromatic nitrogens is 2. The Balaban J connectivity index is 1.65. The van der Waals surface area contributed by atoms with E-state index in [1.807, 2.05) is 54.6 Å². The fraction of sp³-hybridized carbons (Fsp3) is 0.192. The van der Waals surface area contributed by atoms with Crippen LogP contribution in [0.25, 0.3) is 22.2 Å². The van der Waals surface area contributed by atoms with E-state index in [-0.39, 0.29) is 10.8 Å². The second-order valence-electron chi connectivity index (χ2n) is 8.00. The van der Waals surface area contributed by atoms with Crippen LogP contribution in [-0.2, 0) is 13.0 Å². The fourth-order valence-electron chi connectivity index (χ4n) is 4.00. The third kappa shape index (κ3) is 5.13. The van der Waals surface area contributed by atoms with Crippen LogP contribution in [-0.4, -0.2) is 25.9 Å². The molecule has 0 aliphatic heterocycles. The lowest BCUT2D eigenvalue weighted by Crippen LogP contribution is -2.07. The number of hydrogen-bond donors (Lipinski definition) is 3. The van der Waals surface area contributed by atoms with Crippen molar-refractivity contribution in [3.63, 3.8) is 0 Å². The number of carbonyl (C=O) groups is 2. The number of carbonyl (C=O) groups excluding carboxylic acids is 1. The normalized spacial score (nSPS) is 11.0. The van der Waals surface area contributed by atoms with Crippen molar-refractivity contribution in [2.45, 2.75) is 32.7 Å². The van der Waals surface area contributed by atoms with E-state index in [2.05, 4.69) is 16.8 Å². The van der Waals surface area contributed by atoms with Crippen molar-refractivity contribution in [2.75, 3.05) is 5.32 Å². The van der Waals surface area contributed by atoms with Gasteiger partial charge in [0.1, 0.15) is 5.82 Å². The summed E-state index contributed by atoms with van der Waals surface area (Å²) in [6.07, 6.45) is 2.95. The molecular weight excluding hydrogens is 448 g/mol. The molecule has 0 bridgehead atoms. The summed E-state index contributed by atoms with van der Waals surface area (Å²) >= 11 is 0.640. The highest BCUT2D eigenvalue weighted by Crippen LogP contribution is 2.26. The molecule has 4 rings (SSSR count). The number of hydrogen-bond acceptors (Lipinski definition) is 5. The van der Waals surface area contributed by atoms with E-state index >= 15 is 0 Å². The minimum Gasteiger partial charge on any atom is -0.478 e. The monoisotopic (exact) mass is 474 g/mol. The van der Waals surface area contributed by atoms with Gasteiger partial charge in [-0.2, -0.15) is 0 Å². The summed E-state index contributed by atoms with van der Waals surface area (Å²) in [6, 6.07) is 20.7. The van der Waals surface area contributed by atoms with Gasteiger partial charge in [0.2, 0.25) is 0 Å². The minimum absolute atomic E-state index is 0.286. The fourth-order valence-corrected chi connectivity index (χ4v) is 4.18. The van der Waals surface area contributed by atoms with E-state index in [4.69, 9.17) is 10.1 Å². The molecule has 4 aromatic rings. The third-order valence-electron chi connectivity index (χ3n) is 5.70. The van der Waals surface area contributed by atoms with Gasteiger partial charge < -0.3 is 15.0 Å². The van der Waals surface area contributed by atoms with Gasteiger partial charge in [0.25, 0.3) is 5.24 Å². The lowest BCUT2D eigenvalue weighted by molar-refractivity contribution is 0.0697. The number of fused-ring (bicyclic) bond motifs is 1. The number of rotatable bonds is 8. The summed E-state index contributed by atoms with van der Waals surface area (Å²) in [4.78, 5) is 28.1. The second kappa shape index (κ2) is 10.5. The molecule has 0 spiro atoms. The first-order valence-corrected chi connectivity index (χ1v) is 12.0. The smallest absolute Gasteiger partial charge is 0.336 e. The SMILES string of the molecule is CCCCc1nc2cc(NC(=O)SN)ccc2n1Cc1ccc(-c2ccccc2C(=O)O)cc1. The summed E-state index contributed by atoms with van der Waals surface area (Å²) < 4.78 is 2.20. The molecule has 174 valence electrons.